The molecule has 0 unspecified atom stereocenters. The molecule has 0 aliphatic rings. The molecule has 0 spiro atoms. The summed E-state index contributed by atoms with van der Waals surface area (Å²) in [7, 11) is 0. The molecular formula is C13H9ClN2O. The molecule has 0 atom stereocenters. The molecule has 1 aromatic carbocycles. The minimum absolute atomic E-state index is 0.521. The normalized spacial score (nSPS) is 9.71. The number of aromatic nitrogens is 1. The zero-order chi connectivity index (χ0) is 12.3. The predicted octanol–water partition coefficient (Wildman–Crippen LogP) is 3.71. The minimum atomic E-state index is 0.521. The van der Waals surface area contributed by atoms with Crippen LogP contribution in [0, 0.1) is 18.3 Å². The fraction of sp³-hybridized carbons (Fsp3) is 0.0769. The van der Waals surface area contributed by atoms with Gasteiger partial charge in [0, 0.05) is 12.3 Å². The molecule has 0 aliphatic carbocycles. The van der Waals surface area contributed by atoms with Crippen molar-refractivity contribution in [2.75, 3.05) is 0 Å². The third kappa shape index (κ3) is 2.74. The van der Waals surface area contributed by atoms with Crippen molar-refractivity contribution >= 4 is 11.6 Å². The molecule has 0 fully saturated rings. The van der Waals surface area contributed by atoms with Gasteiger partial charge in [0.2, 0.25) is 0 Å². The van der Waals surface area contributed by atoms with Crippen LogP contribution in [0.5, 0.6) is 11.5 Å². The molecule has 0 N–H and O–H groups in total. The first-order valence-electron chi connectivity index (χ1n) is 4.98. The van der Waals surface area contributed by atoms with Crippen molar-refractivity contribution < 1.29 is 4.74 Å². The van der Waals surface area contributed by atoms with Crippen LogP contribution in [0.1, 0.15) is 11.1 Å². The zero-order valence-electron chi connectivity index (χ0n) is 9.14. The van der Waals surface area contributed by atoms with Gasteiger partial charge in [-0.1, -0.05) is 11.6 Å². The lowest BCUT2D eigenvalue weighted by atomic mass is 10.1. The number of halogens is 1. The van der Waals surface area contributed by atoms with E-state index in [0.717, 1.165) is 5.56 Å². The van der Waals surface area contributed by atoms with E-state index in [4.69, 9.17) is 21.6 Å². The van der Waals surface area contributed by atoms with Gasteiger partial charge in [-0.05, 0) is 30.7 Å². The topological polar surface area (TPSA) is 45.9 Å². The van der Waals surface area contributed by atoms with Crippen molar-refractivity contribution in [3.05, 3.63) is 52.8 Å². The van der Waals surface area contributed by atoms with Crippen LogP contribution >= 0.6 is 11.6 Å². The minimum Gasteiger partial charge on any atom is -0.456 e. The number of rotatable bonds is 2. The monoisotopic (exact) mass is 244 g/mol. The van der Waals surface area contributed by atoms with Gasteiger partial charge >= 0.3 is 0 Å². The van der Waals surface area contributed by atoms with Crippen LogP contribution in [0.4, 0.5) is 0 Å². The summed E-state index contributed by atoms with van der Waals surface area (Å²) in [6.07, 6.45) is 3.12. The molecule has 4 heteroatoms. The summed E-state index contributed by atoms with van der Waals surface area (Å²) in [6.45, 7) is 1.86. The standard InChI is InChI=1S/C13H9ClN2O/c1-9-4-12(3-2-10(9)6-15)17-13-5-11(14)7-16-8-13/h2-5,7-8H,1H3. The van der Waals surface area contributed by atoms with E-state index < -0.39 is 0 Å². The lowest BCUT2D eigenvalue weighted by molar-refractivity contribution is 0.480. The van der Waals surface area contributed by atoms with Crippen molar-refractivity contribution in [3.8, 4) is 17.6 Å². The Morgan fingerprint density at radius 2 is 2.06 bits per heavy atom. The van der Waals surface area contributed by atoms with Crippen LogP contribution in [0.15, 0.2) is 36.7 Å². The summed E-state index contributed by atoms with van der Waals surface area (Å²) in [5, 5.41) is 9.34. The highest BCUT2D eigenvalue weighted by Gasteiger charge is 2.02. The molecule has 3 nitrogen and oxygen atoms in total. The van der Waals surface area contributed by atoms with Crippen LogP contribution in [0.3, 0.4) is 0 Å². The van der Waals surface area contributed by atoms with Crippen molar-refractivity contribution in [2.45, 2.75) is 6.92 Å². The number of pyridine rings is 1. The van der Waals surface area contributed by atoms with E-state index in [2.05, 4.69) is 11.1 Å². The summed E-state index contributed by atoms with van der Waals surface area (Å²) in [6, 6.07) is 9.06. The highest BCUT2D eigenvalue weighted by Crippen LogP contribution is 2.24. The number of aryl methyl sites for hydroxylation is 1. The molecular weight excluding hydrogens is 236 g/mol. The fourth-order valence-corrected chi connectivity index (χ4v) is 1.57. The van der Waals surface area contributed by atoms with E-state index in [9.17, 15) is 0 Å². The Labute approximate surface area is 104 Å². The molecule has 0 bridgehead atoms. The molecule has 0 saturated carbocycles. The third-order valence-electron chi connectivity index (χ3n) is 2.23. The molecule has 17 heavy (non-hydrogen) atoms. The second-order valence-corrected chi connectivity index (χ2v) is 3.97. The van der Waals surface area contributed by atoms with Crippen molar-refractivity contribution in [1.29, 1.82) is 5.26 Å². The Kier molecular flexibility index (Phi) is 3.27. The summed E-state index contributed by atoms with van der Waals surface area (Å²) >= 11 is 5.80. The Morgan fingerprint density at radius 3 is 2.71 bits per heavy atom. The predicted molar refractivity (Wildman–Crippen MR) is 65.2 cm³/mol. The largest absolute Gasteiger partial charge is 0.456 e. The van der Waals surface area contributed by atoms with Crippen LogP contribution in [0.25, 0.3) is 0 Å². The molecule has 84 valence electrons. The number of hydrogen-bond acceptors (Lipinski definition) is 3. The van der Waals surface area contributed by atoms with Crippen LogP contribution in [-0.2, 0) is 0 Å². The molecule has 0 saturated heterocycles. The molecule has 0 aliphatic heterocycles. The number of benzene rings is 1. The first kappa shape index (κ1) is 11.4. The van der Waals surface area contributed by atoms with E-state index in [1.54, 1.807) is 36.7 Å². The highest BCUT2D eigenvalue weighted by atomic mass is 35.5. The molecule has 2 aromatic rings. The number of nitriles is 1. The van der Waals surface area contributed by atoms with Gasteiger partial charge in [0.15, 0.2) is 0 Å². The second-order valence-electron chi connectivity index (χ2n) is 3.53. The van der Waals surface area contributed by atoms with Gasteiger partial charge in [-0.3, -0.25) is 4.98 Å². The SMILES string of the molecule is Cc1cc(Oc2cncc(Cl)c2)ccc1C#N. The Bertz CT molecular complexity index is 590. The number of nitrogens with zero attached hydrogens (tertiary/aromatic N) is 2. The fourth-order valence-electron chi connectivity index (χ4n) is 1.41. The lowest BCUT2D eigenvalue weighted by Gasteiger charge is -2.06. The van der Waals surface area contributed by atoms with Crippen molar-refractivity contribution in [1.82, 2.24) is 4.98 Å². The Morgan fingerprint density at radius 1 is 1.24 bits per heavy atom. The first-order chi connectivity index (χ1) is 8.19. The van der Waals surface area contributed by atoms with Crippen molar-refractivity contribution in [2.24, 2.45) is 0 Å². The maximum absolute atomic E-state index is 8.82. The van der Waals surface area contributed by atoms with Gasteiger partial charge in [0.1, 0.15) is 11.5 Å². The summed E-state index contributed by atoms with van der Waals surface area (Å²) in [5.74, 6) is 1.23. The summed E-state index contributed by atoms with van der Waals surface area (Å²) in [4.78, 5) is 3.93. The average molecular weight is 245 g/mol. The van der Waals surface area contributed by atoms with E-state index >= 15 is 0 Å². The van der Waals surface area contributed by atoms with E-state index in [1.807, 2.05) is 6.92 Å². The van der Waals surface area contributed by atoms with Gasteiger partial charge in [0.25, 0.3) is 0 Å². The maximum atomic E-state index is 8.82. The molecule has 1 heterocycles. The third-order valence-corrected chi connectivity index (χ3v) is 2.44. The molecule has 0 radical (unpaired) electrons. The van der Waals surface area contributed by atoms with Gasteiger partial charge in [-0.15, -0.1) is 0 Å². The van der Waals surface area contributed by atoms with Crippen LogP contribution < -0.4 is 4.74 Å². The van der Waals surface area contributed by atoms with Gasteiger partial charge in [-0.2, -0.15) is 5.26 Å². The van der Waals surface area contributed by atoms with Crippen LogP contribution in [-0.4, -0.2) is 4.98 Å². The first-order valence-corrected chi connectivity index (χ1v) is 5.36. The Hall–Kier alpha value is -2.05. The van der Waals surface area contributed by atoms with E-state index in [1.165, 1.54) is 0 Å². The van der Waals surface area contributed by atoms with Crippen LogP contribution in [0.2, 0.25) is 5.02 Å². The van der Waals surface area contributed by atoms with Gasteiger partial charge < -0.3 is 4.74 Å². The van der Waals surface area contributed by atoms with Gasteiger partial charge in [-0.25, -0.2) is 0 Å². The van der Waals surface area contributed by atoms with Crippen molar-refractivity contribution in [3.63, 3.8) is 0 Å². The highest BCUT2D eigenvalue weighted by molar-refractivity contribution is 6.30. The maximum Gasteiger partial charge on any atom is 0.147 e. The quantitative estimate of drug-likeness (QED) is 0.809. The summed E-state index contributed by atoms with van der Waals surface area (Å²) < 4.78 is 5.58. The summed E-state index contributed by atoms with van der Waals surface area (Å²) in [5.41, 5.74) is 1.52. The Balaban J connectivity index is 2.25. The number of ether oxygens (including phenoxy) is 1. The van der Waals surface area contributed by atoms with Gasteiger partial charge in [0.05, 0.1) is 22.9 Å². The molecule has 1 aromatic heterocycles. The zero-order valence-corrected chi connectivity index (χ0v) is 9.90. The second kappa shape index (κ2) is 4.86. The number of hydrogen-bond donors (Lipinski definition) is 0. The van der Waals surface area contributed by atoms with E-state index in [0.29, 0.717) is 22.1 Å². The molecule has 0 amide bonds. The molecule has 2 rings (SSSR count). The lowest BCUT2D eigenvalue weighted by Crippen LogP contribution is -1.88. The average Bonchev–Trinajstić information content (AvgIpc) is 2.29. The smallest absolute Gasteiger partial charge is 0.147 e. The van der Waals surface area contributed by atoms with E-state index in [-0.39, 0.29) is 0 Å².